The fraction of sp³-hybridized carbons (Fsp3) is 0.333. The molecule has 0 amide bonds. The number of piperidine rings is 1. The summed E-state index contributed by atoms with van der Waals surface area (Å²) in [5.41, 5.74) is 0.503. The summed E-state index contributed by atoms with van der Waals surface area (Å²) in [5, 5.41) is 7.94. The van der Waals surface area contributed by atoms with Crippen molar-refractivity contribution in [3.05, 3.63) is 76.7 Å². The van der Waals surface area contributed by atoms with Crippen molar-refractivity contribution in [2.45, 2.75) is 31.8 Å². The number of aromatic nitrogens is 4. The van der Waals surface area contributed by atoms with Crippen LogP contribution in [0.15, 0.2) is 59.8 Å². The molecular formula is C21H23FN6O. The highest BCUT2D eigenvalue weighted by molar-refractivity contribution is 5.40. The minimum Gasteiger partial charge on any atom is -0.368 e. The highest BCUT2D eigenvalue weighted by atomic mass is 19.1. The Balaban J connectivity index is 1.53. The molecule has 3 heterocycles. The van der Waals surface area contributed by atoms with E-state index >= 15 is 0 Å². The highest BCUT2D eigenvalue weighted by Crippen LogP contribution is 2.23. The van der Waals surface area contributed by atoms with Crippen LogP contribution in [-0.2, 0) is 6.54 Å². The van der Waals surface area contributed by atoms with Gasteiger partial charge >= 0.3 is 0 Å². The first-order chi connectivity index (χ1) is 14.2. The first-order valence-electron chi connectivity index (χ1n) is 9.78. The van der Waals surface area contributed by atoms with Gasteiger partial charge in [0.2, 0.25) is 0 Å². The molecule has 150 valence electrons. The van der Waals surface area contributed by atoms with Gasteiger partial charge in [-0.1, -0.05) is 12.1 Å². The largest absolute Gasteiger partial charge is 0.368 e. The van der Waals surface area contributed by atoms with E-state index in [0.717, 1.165) is 44.0 Å². The van der Waals surface area contributed by atoms with Gasteiger partial charge in [-0.25, -0.2) is 19.0 Å². The summed E-state index contributed by atoms with van der Waals surface area (Å²) < 4.78 is 14.9. The van der Waals surface area contributed by atoms with Crippen LogP contribution < -0.4 is 15.8 Å². The maximum absolute atomic E-state index is 13.5. The maximum atomic E-state index is 13.5. The summed E-state index contributed by atoms with van der Waals surface area (Å²) in [6, 6.07) is 11.6. The van der Waals surface area contributed by atoms with E-state index in [-0.39, 0.29) is 24.0 Å². The van der Waals surface area contributed by atoms with Crippen molar-refractivity contribution in [2.75, 3.05) is 23.3 Å². The van der Waals surface area contributed by atoms with Gasteiger partial charge in [0.05, 0.1) is 6.54 Å². The number of benzene rings is 1. The van der Waals surface area contributed by atoms with Crippen LogP contribution in [0, 0.1) is 5.82 Å². The van der Waals surface area contributed by atoms with Gasteiger partial charge in [0.15, 0.2) is 0 Å². The third-order valence-corrected chi connectivity index (χ3v) is 5.10. The van der Waals surface area contributed by atoms with E-state index in [2.05, 4.69) is 25.3 Å². The summed E-state index contributed by atoms with van der Waals surface area (Å²) in [7, 11) is 0. The van der Waals surface area contributed by atoms with Crippen LogP contribution in [-0.4, -0.2) is 38.9 Å². The van der Waals surface area contributed by atoms with Crippen LogP contribution in [0.2, 0.25) is 0 Å². The lowest BCUT2D eigenvalue weighted by atomic mass is 10.0. The van der Waals surface area contributed by atoms with Crippen LogP contribution in [0.4, 0.5) is 16.0 Å². The zero-order valence-corrected chi connectivity index (χ0v) is 16.0. The highest BCUT2D eigenvalue weighted by Gasteiger charge is 2.24. The van der Waals surface area contributed by atoms with E-state index < -0.39 is 0 Å². The third-order valence-electron chi connectivity index (χ3n) is 5.10. The lowest BCUT2D eigenvalue weighted by Gasteiger charge is -2.36. The van der Waals surface area contributed by atoms with Crippen LogP contribution in [0.1, 0.15) is 24.8 Å². The Morgan fingerprint density at radius 2 is 2.10 bits per heavy atom. The Morgan fingerprint density at radius 1 is 1.17 bits per heavy atom. The summed E-state index contributed by atoms with van der Waals surface area (Å²) in [4.78, 5) is 22.7. The lowest BCUT2D eigenvalue weighted by molar-refractivity contribution is 0.462. The fourth-order valence-corrected chi connectivity index (χ4v) is 3.64. The number of nitrogens with one attached hydrogen (secondary N) is 1. The molecule has 0 saturated carbocycles. The Kier molecular flexibility index (Phi) is 5.79. The summed E-state index contributed by atoms with van der Waals surface area (Å²) in [6.07, 6.45) is 6.48. The van der Waals surface area contributed by atoms with Gasteiger partial charge in [0.1, 0.15) is 23.8 Å². The molecule has 0 bridgehead atoms. The second kappa shape index (κ2) is 8.81. The van der Waals surface area contributed by atoms with Gasteiger partial charge in [0.25, 0.3) is 5.56 Å². The Hall–Kier alpha value is -3.29. The molecule has 7 nitrogen and oxygen atoms in total. The molecule has 1 aliphatic rings. The quantitative estimate of drug-likeness (QED) is 0.693. The average Bonchev–Trinajstić information content (AvgIpc) is 2.75. The SMILES string of the molecule is O=c1ccc(N2CCCCC2CNc2ccncn2)nn1Cc1cccc(F)c1. The van der Waals surface area contributed by atoms with Gasteiger partial charge in [-0.05, 0) is 49.1 Å². The molecular weight excluding hydrogens is 371 g/mol. The average molecular weight is 394 g/mol. The van der Waals surface area contributed by atoms with Crippen molar-refractivity contribution in [2.24, 2.45) is 0 Å². The number of nitrogens with zero attached hydrogens (tertiary/aromatic N) is 5. The third kappa shape index (κ3) is 4.77. The van der Waals surface area contributed by atoms with E-state index in [9.17, 15) is 9.18 Å². The molecule has 0 spiro atoms. The van der Waals surface area contributed by atoms with Gasteiger partial charge in [-0.15, -0.1) is 0 Å². The van der Waals surface area contributed by atoms with E-state index in [1.54, 1.807) is 24.4 Å². The molecule has 1 atom stereocenters. The van der Waals surface area contributed by atoms with Gasteiger partial charge in [-0.3, -0.25) is 4.79 Å². The van der Waals surface area contributed by atoms with E-state index in [1.807, 2.05) is 6.07 Å². The smallest absolute Gasteiger partial charge is 0.267 e. The zero-order valence-electron chi connectivity index (χ0n) is 16.0. The molecule has 1 saturated heterocycles. The minimum atomic E-state index is -0.321. The predicted octanol–water partition coefficient (Wildman–Crippen LogP) is 2.69. The number of hydrogen-bond acceptors (Lipinski definition) is 6. The van der Waals surface area contributed by atoms with Crippen molar-refractivity contribution >= 4 is 11.6 Å². The molecule has 29 heavy (non-hydrogen) atoms. The van der Waals surface area contributed by atoms with Crippen molar-refractivity contribution in [3.8, 4) is 0 Å². The number of rotatable bonds is 6. The monoisotopic (exact) mass is 394 g/mol. The minimum absolute atomic E-state index is 0.203. The van der Waals surface area contributed by atoms with Gasteiger partial charge in [-0.2, -0.15) is 5.10 Å². The second-order valence-electron chi connectivity index (χ2n) is 7.14. The van der Waals surface area contributed by atoms with E-state index in [4.69, 9.17) is 0 Å². The number of hydrogen-bond donors (Lipinski definition) is 1. The lowest BCUT2D eigenvalue weighted by Crippen LogP contribution is -2.45. The number of anilines is 2. The molecule has 1 aromatic carbocycles. The molecule has 2 aromatic heterocycles. The molecule has 1 N–H and O–H groups in total. The van der Waals surface area contributed by atoms with Crippen molar-refractivity contribution in [1.29, 1.82) is 0 Å². The standard InChI is InChI=1S/C21H23FN6O/c22-17-5-3-4-16(12-17)14-28-21(29)8-7-20(26-28)27-11-2-1-6-18(27)13-24-19-9-10-23-15-25-19/h3-5,7-10,12,15,18H,1-2,6,11,13-14H2,(H,23,24,25). The predicted molar refractivity (Wildman–Crippen MR) is 110 cm³/mol. The summed E-state index contributed by atoms with van der Waals surface area (Å²) >= 11 is 0. The summed E-state index contributed by atoms with van der Waals surface area (Å²) in [6.45, 7) is 1.84. The van der Waals surface area contributed by atoms with Crippen LogP contribution in [0.3, 0.4) is 0 Å². The first kappa shape index (κ1) is 19.0. The molecule has 0 radical (unpaired) electrons. The van der Waals surface area contributed by atoms with E-state index in [0.29, 0.717) is 5.56 Å². The Bertz CT molecular complexity index is 1010. The van der Waals surface area contributed by atoms with Crippen LogP contribution in [0.5, 0.6) is 0 Å². The maximum Gasteiger partial charge on any atom is 0.267 e. The molecule has 1 aliphatic heterocycles. The van der Waals surface area contributed by atoms with Gasteiger partial charge in [0, 0.05) is 31.4 Å². The number of halogens is 1. The first-order valence-corrected chi connectivity index (χ1v) is 9.78. The molecule has 1 fully saturated rings. The zero-order chi connectivity index (χ0) is 20.1. The summed E-state index contributed by atoms with van der Waals surface area (Å²) in [5.74, 6) is 1.23. The second-order valence-corrected chi connectivity index (χ2v) is 7.14. The molecule has 4 rings (SSSR count). The molecule has 0 aliphatic carbocycles. The normalized spacial score (nSPS) is 16.6. The molecule has 8 heteroatoms. The topological polar surface area (TPSA) is 75.9 Å². The fourth-order valence-electron chi connectivity index (χ4n) is 3.64. The van der Waals surface area contributed by atoms with Crippen LogP contribution >= 0.6 is 0 Å². The van der Waals surface area contributed by atoms with Gasteiger partial charge < -0.3 is 10.2 Å². The van der Waals surface area contributed by atoms with Crippen molar-refractivity contribution < 1.29 is 4.39 Å². The van der Waals surface area contributed by atoms with Crippen molar-refractivity contribution in [1.82, 2.24) is 19.7 Å². The Morgan fingerprint density at radius 3 is 2.93 bits per heavy atom. The van der Waals surface area contributed by atoms with Crippen molar-refractivity contribution in [3.63, 3.8) is 0 Å². The van der Waals surface area contributed by atoms with E-state index in [1.165, 1.54) is 29.2 Å². The molecule has 3 aromatic rings. The molecule has 1 unspecified atom stereocenters. The van der Waals surface area contributed by atoms with Crippen LogP contribution in [0.25, 0.3) is 0 Å². The Labute approximate surface area is 168 Å².